The van der Waals surface area contributed by atoms with E-state index in [9.17, 15) is 9.18 Å². The summed E-state index contributed by atoms with van der Waals surface area (Å²) in [6.07, 6.45) is 2.19. The monoisotopic (exact) mass is 302 g/mol. The van der Waals surface area contributed by atoms with E-state index in [2.05, 4.69) is 27.3 Å². The molecule has 5 nitrogen and oxygen atoms in total. The second kappa shape index (κ2) is 3.76. The quantitative estimate of drug-likeness (QED) is 0.786. The minimum absolute atomic E-state index is 0. The van der Waals surface area contributed by atoms with Gasteiger partial charge in [-0.15, -0.1) is 0 Å². The Labute approximate surface area is 129 Å². The van der Waals surface area contributed by atoms with Crippen molar-refractivity contribution in [2.24, 2.45) is 5.10 Å². The molecule has 1 amide bonds. The van der Waals surface area contributed by atoms with Gasteiger partial charge in [-0.1, -0.05) is 0 Å². The molecular weight excluding hydrogens is 283 g/mol. The molecule has 1 atom stereocenters. The summed E-state index contributed by atoms with van der Waals surface area (Å²) in [5.74, 6) is -0.758. The van der Waals surface area contributed by atoms with Crippen LogP contribution < -0.4 is 5.43 Å². The highest BCUT2D eigenvalue weighted by Crippen LogP contribution is 2.46. The van der Waals surface area contributed by atoms with Gasteiger partial charge in [-0.3, -0.25) is 9.69 Å². The van der Waals surface area contributed by atoms with Crippen LogP contribution in [0.3, 0.4) is 0 Å². The Kier molecular flexibility index (Phi) is 2.11. The lowest BCUT2D eigenvalue weighted by atomic mass is 9.85. The minimum Gasteiger partial charge on any atom is -0.356 e. The highest BCUT2D eigenvalue weighted by atomic mass is 19.1. The van der Waals surface area contributed by atoms with Crippen LogP contribution in [0.2, 0.25) is 0 Å². The van der Waals surface area contributed by atoms with Crippen molar-refractivity contribution in [1.29, 1.82) is 0 Å². The minimum atomic E-state index is -0.409. The first kappa shape index (κ1) is 12.3. The fourth-order valence-corrected chi connectivity index (χ4v) is 4.25. The van der Waals surface area contributed by atoms with Crippen LogP contribution in [-0.2, 0) is 5.54 Å². The standard InChI is InChI=1S/C16H15FN4O.2H2/c1-16-3-2-4-21(16)7-11-13-12-9(15(22)20-19-11)5-8(17)6-10(12)18-14(13)16;;/h5-6,18H,2-4,7H2,1H3,(H,20,22);2*1H/t16-;;/m1../s1. The van der Waals surface area contributed by atoms with Gasteiger partial charge in [-0.25, -0.2) is 9.82 Å². The Balaban J connectivity index is 0.000000845. The van der Waals surface area contributed by atoms with E-state index in [1.54, 1.807) is 0 Å². The Morgan fingerprint density at radius 2 is 2.32 bits per heavy atom. The number of H-pyrrole nitrogens is 1. The molecule has 6 heteroatoms. The van der Waals surface area contributed by atoms with Crippen LogP contribution >= 0.6 is 0 Å². The molecule has 3 aliphatic heterocycles. The molecule has 22 heavy (non-hydrogen) atoms. The van der Waals surface area contributed by atoms with E-state index in [-0.39, 0.29) is 14.3 Å². The van der Waals surface area contributed by atoms with Gasteiger partial charge in [0, 0.05) is 26.0 Å². The molecule has 5 rings (SSSR count). The molecule has 0 saturated carbocycles. The number of fused-ring (bicyclic) bond motifs is 2. The van der Waals surface area contributed by atoms with Crippen LogP contribution in [-0.4, -0.2) is 34.6 Å². The Hall–Kier alpha value is -2.21. The SMILES string of the molecule is C[C@]12CCCN1CC1=NNC(=O)c3cc(F)cc4[nH]c2c1c34.[HH].[HH]. The predicted molar refractivity (Wildman–Crippen MR) is 84.6 cm³/mol. The summed E-state index contributed by atoms with van der Waals surface area (Å²) < 4.78 is 13.9. The molecule has 0 aliphatic carbocycles. The van der Waals surface area contributed by atoms with Crippen molar-refractivity contribution in [3.63, 3.8) is 0 Å². The summed E-state index contributed by atoms with van der Waals surface area (Å²) in [4.78, 5) is 18.0. The second-order valence-electron chi connectivity index (χ2n) is 6.55. The number of nitrogens with one attached hydrogen (secondary N) is 2. The third-order valence-corrected chi connectivity index (χ3v) is 5.36. The van der Waals surface area contributed by atoms with Gasteiger partial charge in [0.25, 0.3) is 5.91 Å². The van der Waals surface area contributed by atoms with Crippen LogP contribution in [0.4, 0.5) is 4.39 Å². The number of hydrazone groups is 1. The first-order valence-corrected chi connectivity index (χ1v) is 7.56. The molecular formula is C16H19FN4O. The van der Waals surface area contributed by atoms with Gasteiger partial charge in [0.1, 0.15) is 5.82 Å². The number of amides is 1. The maximum atomic E-state index is 13.9. The first-order chi connectivity index (χ1) is 10.6. The second-order valence-corrected chi connectivity index (χ2v) is 6.55. The lowest BCUT2D eigenvalue weighted by Gasteiger charge is -2.39. The van der Waals surface area contributed by atoms with Crippen molar-refractivity contribution in [1.82, 2.24) is 15.3 Å². The Morgan fingerprint density at radius 3 is 3.18 bits per heavy atom. The van der Waals surface area contributed by atoms with Crippen molar-refractivity contribution in [2.45, 2.75) is 25.3 Å². The molecule has 0 bridgehead atoms. The van der Waals surface area contributed by atoms with E-state index < -0.39 is 5.82 Å². The van der Waals surface area contributed by atoms with Crippen molar-refractivity contribution in [3.8, 4) is 0 Å². The third-order valence-electron chi connectivity index (χ3n) is 5.36. The van der Waals surface area contributed by atoms with Crippen LogP contribution in [0.1, 0.15) is 44.2 Å². The van der Waals surface area contributed by atoms with Crippen molar-refractivity contribution < 1.29 is 12.0 Å². The Bertz CT molecular complexity index is 894. The number of hydrogen-bond acceptors (Lipinski definition) is 3. The number of nitrogens with zero attached hydrogens (tertiary/aromatic N) is 2. The van der Waals surface area contributed by atoms with E-state index in [4.69, 9.17) is 0 Å². The van der Waals surface area contributed by atoms with Crippen molar-refractivity contribution >= 4 is 22.5 Å². The number of halogens is 1. The van der Waals surface area contributed by atoms with Gasteiger partial charge in [0.15, 0.2) is 0 Å². The van der Waals surface area contributed by atoms with Crippen LogP contribution in [0, 0.1) is 5.82 Å². The fraction of sp³-hybridized carbons (Fsp3) is 0.375. The summed E-state index contributed by atoms with van der Waals surface area (Å²) in [6.45, 7) is 3.95. The summed E-state index contributed by atoms with van der Waals surface area (Å²) in [5, 5.41) is 5.10. The van der Waals surface area contributed by atoms with Gasteiger partial charge in [-0.05, 0) is 38.4 Å². The number of aromatic amines is 1. The number of hydrogen-bond donors (Lipinski definition) is 2. The molecule has 0 unspecified atom stereocenters. The largest absolute Gasteiger partial charge is 0.356 e. The smallest absolute Gasteiger partial charge is 0.272 e. The van der Waals surface area contributed by atoms with Gasteiger partial charge in [-0.2, -0.15) is 5.10 Å². The topological polar surface area (TPSA) is 60.5 Å². The molecule has 4 heterocycles. The predicted octanol–water partition coefficient (Wildman–Crippen LogP) is 2.57. The van der Waals surface area contributed by atoms with Crippen molar-refractivity contribution in [3.05, 3.63) is 34.8 Å². The normalized spacial score (nSPS) is 26.6. The van der Waals surface area contributed by atoms with Crippen LogP contribution in [0.5, 0.6) is 0 Å². The number of carbonyl (C=O) groups is 1. The highest BCUT2D eigenvalue weighted by Gasteiger charge is 2.47. The lowest BCUT2D eigenvalue weighted by Crippen LogP contribution is -2.47. The van der Waals surface area contributed by atoms with Gasteiger partial charge in [0.2, 0.25) is 0 Å². The summed E-state index contributed by atoms with van der Waals surface area (Å²) in [5.41, 5.74) is 6.43. The van der Waals surface area contributed by atoms with Crippen molar-refractivity contribution in [2.75, 3.05) is 13.1 Å². The summed E-state index contributed by atoms with van der Waals surface area (Å²) in [6, 6.07) is 2.77. The zero-order valence-electron chi connectivity index (χ0n) is 12.2. The number of aromatic nitrogens is 1. The molecule has 0 radical (unpaired) electrons. The summed E-state index contributed by atoms with van der Waals surface area (Å²) in [7, 11) is 0. The molecule has 1 fully saturated rings. The van der Waals surface area contributed by atoms with E-state index in [1.165, 1.54) is 12.1 Å². The number of rotatable bonds is 0. The highest BCUT2D eigenvalue weighted by molar-refractivity contribution is 6.21. The van der Waals surface area contributed by atoms with E-state index in [0.29, 0.717) is 17.6 Å². The van der Waals surface area contributed by atoms with E-state index in [1.807, 2.05) is 0 Å². The lowest BCUT2D eigenvalue weighted by molar-refractivity contribution is 0.0956. The molecule has 1 aromatic heterocycles. The fourth-order valence-electron chi connectivity index (χ4n) is 4.25. The molecule has 0 spiro atoms. The van der Waals surface area contributed by atoms with E-state index >= 15 is 0 Å². The first-order valence-electron chi connectivity index (χ1n) is 7.56. The average molecular weight is 302 g/mol. The molecule has 2 aromatic rings. The zero-order chi connectivity index (χ0) is 15.1. The van der Waals surface area contributed by atoms with E-state index in [0.717, 1.165) is 41.7 Å². The van der Waals surface area contributed by atoms with Crippen LogP contribution in [0.15, 0.2) is 17.2 Å². The molecule has 2 N–H and O–H groups in total. The van der Waals surface area contributed by atoms with Gasteiger partial charge in [0.05, 0.1) is 22.3 Å². The maximum Gasteiger partial charge on any atom is 0.272 e. The number of carbonyl (C=O) groups excluding carboxylic acids is 1. The summed E-state index contributed by atoms with van der Waals surface area (Å²) >= 11 is 0. The Morgan fingerprint density at radius 1 is 1.45 bits per heavy atom. The van der Waals surface area contributed by atoms with Crippen LogP contribution in [0.25, 0.3) is 10.9 Å². The maximum absolute atomic E-state index is 13.9. The van der Waals surface area contributed by atoms with Gasteiger partial charge < -0.3 is 4.98 Å². The number of benzene rings is 1. The third kappa shape index (κ3) is 1.31. The molecule has 116 valence electrons. The molecule has 1 saturated heterocycles. The zero-order valence-corrected chi connectivity index (χ0v) is 12.2. The molecule has 3 aliphatic rings. The molecule has 1 aromatic carbocycles. The van der Waals surface area contributed by atoms with Gasteiger partial charge >= 0.3 is 0 Å². The average Bonchev–Trinajstić information content (AvgIpc) is 3.00.